The number of anilines is 1. The minimum atomic E-state index is -4.68. The molecule has 0 aliphatic carbocycles. The second-order valence-corrected chi connectivity index (χ2v) is 10.5. The zero-order chi connectivity index (χ0) is 33.0. The molecule has 0 saturated carbocycles. The molecule has 3 aromatic carbocycles. The quantitative estimate of drug-likeness (QED) is 0.139. The van der Waals surface area contributed by atoms with Crippen molar-refractivity contribution < 1.29 is 36.7 Å². The zero-order valence-corrected chi connectivity index (χ0v) is 24.9. The normalized spacial score (nSPS) is 16.4. The number of allylic oxidation sites excluding steroid dienone is 1. The van der Waals surface area contributed by atoms with Gasteiger partial charge in [0.05, 0.1) is 24.1 Å². The fourth-order valence-corrected chi connectivity index (χ4v) is 5.57. The molecule has 4 aromatic rings. The molecule has 1 aliphatic rings. The lowest BCUT2D eigenvalue weighted by Crippen LogP contribution is -2.55. The summed E-state index contributed by atoms with van der Waals surface area (Å²) >= 11 is 0. The molecule has 1 N–H and O–H groups in total. The van der Waals surface area contributed by atoms with Gasteiger partial charge in [-0.05, 0) is 67.8 Å². The molecule has 0 unspecified atom stereocenters. The number of carbonyl (C=O) groups excluding carboxylic acids is 3. The molecule has 5 rings (SSSR count). The Morgan fingerprint density at radius 3 is 2.39 bits per heavy atom. The maximum atomic E-state index is 14.3. The number of amides is 2. The summed E-state index contributed by atoms with van der Waals surface area (Å²) in [5.74, 6) is -2.88. The summed E-state index contributed by atoms with van der Waals surface area (Å²) in [7, 11) is 1.27. The zero-order valence-electron chi connectivity index (χ0n) is 24.9. The number of aryl methyl sites for hydroxylation is 1. The number of alkyl halides is 3. The van der Waals surface area contributed by atoms with Gasteiger partial charge in [-0.3, -0.25) is 14.5 Å². The van der Waals surface area contributed by atoms with Crippen LogP contribution < -0.4 is 10.2 Å². The second-order valence-electron chi connectivity index (χ2n) is 10.5. The van der Waals surface area contributed by atoms with Gasteiger partial charge in [-0.1, -0.05) is 42.5 Å². The molecule has 2 amide bonds. The highest BCUT2D eigenvalue weighted by molar-refractivity contribution is 6.05. The number of rotatable bonds is 9. The lowest BCUT2D eigenvalue weighted by atomic mass is 9.80. The Kier molecular flexibility index (Phi) is 9.36. The van der Waals surface area contributed by atoms with Crippen LogP contribution in [-0.4, -0.2) is 47.3 Å². The van der Waals surface area contributed by atoms with E-state index in [1.807, 2.05) is 30.3 Å². The first kappa shape index (κ1) is 32.1. The van der Waals surface area contributed by atoms with Gasteiger partial charge in [0.15, 0.2) is 0 Å². The molecule has 0 fully saturated rings. The average molecular weight is 635 g/mol. The van der Waals surface area contributed by atoms with Gasteiger partial charge in [-0.15, -0.1) is 0 Å². The lowest BCUT2D eigenvalue weighted by Gasteiger charge is -2.38. The first-order valence-electron chi connectivity index (χ1n) is 14.5. The maximum absolute atomic E-state index is 14.3. The SMILES string of the molecule is CCN1C(=O)[C@H](NC(=O)c2cccc(C(F)(F)F)c2)[C@H](c2ccc(F)cc2)c2c(CC/C=C/C(=O)OC)nn(-c3ccccc3)c21. The van der Waals surface area contributed by atoms with Crippen LogP contribution >= 0.6 is 0 Å². The van der Waals surface area contributed by atoms with Gasteiger partial charge in [0.2, 0.25) is 0 Å². The Hall–Kier alpha value is -5.26. The monoisotopic (exact) mass is 634 g/mol. The number of likely N-dealkylation sites (N-methyl/N-ethyl adjacent to an activating group) is 1. The van der Waals surface area contributed by atoms with E-state index in [0.717, 1.165) is 18.2 Å². The summed E-state index contributed by atoms with van der Waals surface area (Å²) in [6.07, 6.45) is -1.08. The highest BCUT2D eigenvalue weighted by Gasteiger charge is 2.46. The number of ether oxygens (including phenoxy) is 1. The van der Waals surface area contributed by atoms with Gasteiger partial charge in [0.1, 0.15) is 17.7 Å². The Balaban J connectivity index is 1.67. The number of aromatic nitrogens is 2. The van der Waals surface area contributed by atoms with Crippen LogP contribution in [0.3, 0.4) is 0 Å². The van der Waals surface area contributed by atoms with Crippen molar-refractivity contribution in [2.24, 2.45) is 0 Å². The summed E-state index contributed by atoms with van der Waals surface area (Å²) in [6.45, 7) is 1.94. The Bertz CT molecular complexity index is 1770. The third kappa shape index (κ3) is 6.56. The summed E-state index contributed by atoms with van der Waals surface area (Å²) < 4.78 is 60.8. The van der Waals surface area contributed by atoms with E-state index >= 15 is 0 Å². The molecular weight excluding hydrogens is 604 g/mol. The number of nitrogens with zero attached hydrogens (tertiary/aromatic N) is 3. The lowest BCUT2D eigenvalue weighted by molar-refractivity contribution is -0.137. The number of esters is 1. The van der Waals surface area contributed by atoms with E-state index in [-0.39, 0.29) is 12.1 Å². The van der Waals surface area contributed by atoms with Crippen molar-refractivity contribution in [1.82, 2.24) is 15.1 Å². The molecule has 238 valence electrons. The number of benzene rings is 3. The predicted octanol–water partition coefficient (Wildman–Crippen LogP) is 5.99. The molecular formula is C34H30F4N4O4. The highest BCUT2D eigenvalue weighted by Crippen LogP contribution is 2.44. The number of fused-ring (bicyclic) bond motifs is 1. The van der Waals surface area contributed by atoms with Gasteiger partial charge >= 0.3 is 12.1 Å². The Morgan fingerprint density at radius 1 is 1.02 bits per heavy atom. The Morgan fingerprint density at radius 2 is 1.74 bits per heavy atom. The minimum Gasteiger partial charge on any atom is -0.466 e. The first-order chi connectivity index (χ1) is 22.0. The molecule has 0 spiro atoms. The van der Waals surface area contributed by atoms with Crippen molar-refractivity contribution in [1.29, 1.82) is 0 Å². The fourth-order valence-electron chi connectivity index (χ4n) is 5.57. The van der Waals surface area contributed by atoms with Crippen LogP contribution in [0.2, 0.25) is 0 Å². The number of nitrogens with one attached hydrogen (secondary N) is 1. The van der Waals surface area contributed by atoms with E-state index < -0.39 is 47.3 Å². The van der Waals surface area contributed by atoms with Crippen LogP contribution in [0.15, 0.2) is 91.0 Å². The van der Waals surface area contributed by atoms with Crippen LogP contribution in [-0.2, 0) is 26.9 Å². The van der Waals surface area contributed by atoms with Gasteiger partial charge < -0.3 is 10.1 Å². The molecule has 1 aromatic heterocycles. The summed E-state index contributed by atoms with van der Waals surface area (Å²) in [5, 5.41) is 7.59. The van der Waals surface area contributed by atoms with Gasteiger partial charge in [0.25, 0.3) is 11.8 Å². The van der Waals surface area contributed by atoms with Crippen molar-refractivity contribution >= 4 is 23.6 Å². The third-order valence-electron chi connectivity index (χ3n) is 7.69. The molecule has 8 nitrogen and oxygen atoms in total. The largest absolute Gasteiger partial charge is 0.466 e. The topological polar surface area (TPSA) is 93.5 Å². The maximum Gasteiger partial charge on any atom is 0.416 e. The standard InChI is InChI=1S/C34H30F4N4O4/c1-3-41-32-29(26(14-7-8-15-27(43)46-2)40-42(32)25-12-5-4-6-13-25)28(21-16-18-24(35)19-17-21)30(33(41)45)39-31(44)22-10-9-11-23(20-22)34(36,37)38/h4-6,8-13,15-20,28,30H,3,7,14H2,1-2H3,(H,39,44)/b15-8+/t28-,30-/m1/s1. The summed E-state index contributed by atoms with van der Waals surface area (Å²) in [5.41, 5.74) is 0.993. The third-order valence-corrected chi connectivity index (χ3v) is 7.69. The van der Waals surface area contributed by atoms with Crippen molar-refractivity contribution in [3.63, 3.8) is 0 Å². The van der Waals surface area contributed by atoms with Crippen LogP contribution in [0.1, 0.15) is 52.0 Å². The summed E-state index contributed by atoms with van der Waals surface area (Å²) in [6, 6.07) is 17.2. The number of methoxy groups -OCH3 is 1. The average Bonchev–Trinajstić information content (AvgIpc) is 3.42. The van der Waals surface area contributed by atoms with Gasteiger partial charge in [-0.25, -0.2) is 13.9 Å². The van der Waals surface area contributed by atoms with Crippen molar-refractivity contribution in [3.05, 3.63) is 125 Å². The number of hydrogen-bond donors (Lipinski definition) is 1. The number of para-hydroxylation sites is 1. The van der Waals surface area contributed by atoms with Crippen LogP contribution in [0.25, 0.3) is 5.69 Å². The smallest absolute Gasteiger partial charge is 0.416 e. The number of hydrogen-bond acceptors (Lipinski definition) is 5. The molecule has 2 atom stereocenters. The van der Waals surface area contributed by atoms with E-state index in [4.69, 9.17) is 5.10 Å². The van der Waals surface area contributed by atoms with E-state index in [1.54, 1.807) is 17.7 Å². The van der Waals surface area contributed by atoms with E-state index in [0.29, 0.717) is 41.2 Å². The number of carbonyl (C=O) groups is 3. The van der Waals surface area contributed by atoms with Gasteiger partial charge in [-0.2, -0.15) is 18.3 Å². The van der Waals surface area contributed by atoms with E-state index in [2.05, 4.69) is 10.1 Å². The fraction of sp³-hybridized carbons (Fsp3) is 0.235. The van der Waals surface area contributed by atoms with Crippen molar-refractivity contribution in [2.75, 3.05) is 18.6 Å². The molecule has 12 heteroatoms. The van der Waals surface area contributed by atoms with Crippen LogP contribution in [0.5, 0.6) is 0 Å². The summed E-state index contributed by atoms with van der Waals surface area (Å²) in [4.78, 5) is 40.9. The number of halogens is 4. The van der Waals surface area contributed by atoms with E-state index in [1.165, 1.54) is 48.4 Å². The highest BCUT2D eigenvalue weighted by atomic mass is 19.4. The molecule has 0 radical (unpaired) electrons. The first-order valence-corrected chi connectivity index (χ1v) is 14.5. The molecule has 46 heavy (non-hydrogen) atoms. The van der Waals surface area contributed by atoms with Crippen molar-refractivity contribution in [2.45, 2.75) is 37.9 Å². The van der Waals surface area contributed by atoms with Crippen molar-refractivity contribution in [3.8, 4) is 5.69 Å². The Labute approximate surface area is 262 Å². The molecule has 2 heterocycles. The predicted molar refractivity (Wildman–Crippen MR) is 162 cm³/mol. The second kappa shape index (κ2) is 13.4. The van der Waals surface area contributed by atoms with E-state index in [9.17, 15) is 31.9 Å². The van der Waals surface area contributed by atoms with Gasteiger partial charge in [0, 0.05) is 29.7 Å². The van der Waals surface area contributed by atoms with Crippen LogP contribution in [0.4, 0.5) is 23.4 Å². The molecule has 0 saturated heterocycles. The van der Waals surface area contributed by atoms with Crippen LogP contribution in [0, 0.1) is 5.82 Å². The minimum absolute atomic E-state index is 0.179. The molecule has 1 aliphatic heterocycles. The molecule has 0 bridgehead atoms.